The molecule has 0 aliphatic rings. The fraction of sp³-hybridized carbons (Fsp3) is 0.385. The first-order valence-electron chi connectivity index (χ1n) is 6.46. The molecule has 112 valence electrons. The SMILES string of the molecule is CCCC(NC(=O)c1c(C)oc2nc[nH]c(=O)c12)C(=O)O. The topological polar surface area (TPSA) is 125 Å². The number of rotatable bonds is 5. The fourth-order valence-corrected chi connectivity index (χ4v) is 2.10. The van der Waals surface area contributed by atoms with Crippen LogP contribution in [-0.4, -0.2) is 33.0 Å². The number of carbonyl (C=O) groups is 2. The molecule has 21 heavy (non-hydrogen) atoms. The van der Waals surface area contributed by atoms with Crippen LogP contribution in [0, 0.1) is 6.92 Å². The fourth-order valence-electron chi connectivity index (χ4n) is 2.10. The van der Waals surface area contributed by atoms with Gasteiger partial charge in [-0.05, 0) is 13.3 Å². The third kappa shape index (κ3) is 2.78. The van der Waals surface area contributed by atoms with E-state index < -0.39 is 23.5 Å². The van der Waals surface area contributed by atoms with E-state index in [1.807, 2.05) is 6.92 Å². The standard InChI is InChI=1S/C13H15N3O5/c1-3-4-7(13(19)20)16-11(18)8-6(2)21-12-9(8)10(17)14-5-15-12/h5,7H,3-4H2,1-2H3,(H,16,18)(H,19,20)(H,14,15,17). The zero-order valence-electron chi connectivity index (χ0n) is 11.6. The van der Waals surface area contributed by atoms with Crippen molar-refractivity contribution >= 4 is 23.0 Å². The lowest BCUT2D eigenvalue weighted by atomic mass is 10.1. The van der Waals surface area contributed by atoms with Crippen molar-refractivity contribution in [1.82, 2.24) is 15.3 Å². The van der Waals surface area contributed by atoms with Crippen molar-refractivity contribution in [3.8, 4) is 0 Å². The van der Waals surface area contributed by atoms with E-state index in [1.54, 1.807) is 0 Å². The average Bonchev–Trinajstić information content (AvgIpc) is 2.75. The highest BCUT2D eigenvalue weighted by molar-refractivity contribution is 6.07. The van der Waals surface area contributed by atoms with Crippen molar-refractivity contribution in [1.29, 1.82) is 0 Å². The minimum atomic E-state index is -1.12. The molecule has 0 spiro atoms. The third-order valence-electron chi connectivity index (χ3n) is 3.08. The molecule has 3 N–H and O–H groups in total. The van der Waals surface area contributed by atoms with Gasteiger partial charge in [0.05, 0.1) is 11.9 Å². The highest BCUT2D eigenvalue weighted by Gasteiger charge is 2.25. The maximum atomic E-state index is 12.3. The van der Waals surface area contributed by atoms with Crippen molar-refractivity contribution in [2.45, 2.75) is 32.7 Å². The van der Waals surface area contributed by atoms with Gasteiger partial charge in [-0.1, -0.05) is 13.3 Å². The molecule has 1 amide bonds. The Hall–Kier alpha value is -2.64. The van der Waals surface area contributed by atoms with Crippen LogP contribution in [-0.2, 0) is 4.79 Å². The molecule has 2 aromatic heterocycles. The molecule has 2 aromatic rings. The van der Waals surface area contributed by atoms with Gasteiger partial charge in [0.15, 0.2) is 0 Å². The summed E-state index contributed by atoms with van der Waals surface area (Å²) in [7, 11) is 0. The molecule has 0 saturated carbocycles. The van der Waals surface area contributed by atoms with Gasteiger partial charge in [0.25, 0.3) is 11.5 Å². The molecule has 0 bridgehead atoms. The van der Waals surface area contributed by atoms with Crippen molar-refractivity contribution in [3.05, 3.63) is 28.0 Å². The monoisotopic (exact) mass is 293 g/mol. The number of aromatic amines is 1. The van der Waals surface area contributed by atoms with Crippen molar-refractivity contribution in [3.63, 3.8) is 0 Å². The van der Waals surface area contributed by atoms with E-state index in [-0.39, 0.29) is 22.4 Å². The van der Waals surface area contributed by atoms with Crippen LogP contribution < -0.4 is 10.9 Å². The molecule has 0 aliphatic heterocycles. The zero-order valence-corrected chi connectivity index (χ0v) is 11.6. The van der Waals surface area contributed by atoms with Crippen LogP contribution in [0.25, 0.3) is 11.1 Å². The number of nitrogens with zero attached hydrogens (tertiary/aromatic N) is 1. The lowest BCUT2D eigenvalue weighted by molar-refractivity contribution is -0.139. The lowest BCUT2D eigenvalue weighted by Crippen LogP contribution is -2.41. The van der Waals surface area contributed by atoms with Gasteiger partial charge >= 0.3 is 5.97 Å². The number of carbonyl (C=O) groups excluding carboxylic acids is 1. The van der Waals surface area contributed by atoms with Gasteiger partial charge in [-0.3, -0.25) is 9.59 Å². The Labute approximate surface area is 119 Å². The summed E-state index contributed by atoms with van der Waals surface area (Å²) in [6, 6.07) is -1.01. The maximum absolute atomic E-state index is 12.3. The molecule has 0 saturated heterocycles. The van der Waals surface area contributed by atoms with E-state index >= 15 is 0 Å². The van der Waals surface area contributed by atoms with E-state index in [1.165, 1.54) is 13.3 Å². The number of furan rings is 1. The first-order chi connectivity index (χ1) is 9.95. The van der Waals surface area contributed by atoms with Crippen LogP contribution in [0.5, 0.6) is 0 Å². The predicted molar refractivity (Wildman–Crippen MR) is 73.2 cm³/mol. The van der Waals surface area contributed by atoms with Crippen LogP contribution in [0.15, 0.2) is 15.5 Å². The van der Waals surface area contributed by atoms with Crippen molar-refractivity contribution in [2.24, 2.45) is 0 Å². The van der Waals surface area contributed by atoms with Gasteiger partial charge in [0.1, 0.15) is 17.2 Å². The van der Waals surface area contributed by atoms with Gasteiger partial charge in [-0.15, -0.1) is 0 Å². The summed E-state index contributed by atoms with van der Waals surface area (Å²) in [6.45, 7) is 3.33. The highest BCUT2D eigenvalue weighted by atomic mass is 16.4. The van der Waals surface area contributed by atoms with E-state index in [4.69, 9.17) is 9.52 Å². The van der Waals surface area contributed by atoms with Crippen LogP contribution >= 0.6 is 0 Å². The molecular formula is C13H15N3O5. The Morgan fingerprint density at radius 1 is 1.52 bits per heavy atom. The van der Waals surface area contributed by atoms with Gasteiger partial charge < -0.3 is 19.8 Å². The minimum Gasteiger partial charge on any atom is -0.480 e. The maximum Gasteiger partial charge on any atom is 0.326 e. The number of amides is 1. The van der Waals surface area contributed by atoms with Crippen molar-refractivity contribution < 1.29 is 19.1 Å². The molecule has 2 heterocycles. The summed E-state index contributed by atoms with van der Waals surface area (Å²) in [6.07, 6.45) is 2.07. The number of carboxylic acid groups (broad SMARTS) is 1. The van der Waals surface area contributed by atoms with Crippen LogP contribution in [0.4, 0.5) is 0 Å². The Morgan fingerprint density at radius 2 is 2.24 bits per heavy atom. The average molecular weight is 293 g/mol. The summed E-state index contributed by atoms with van der Waals surface area (Å²) < 4.78 is 5.26. The van der Waals surface area contributed by atoms with Gasteiger partial charge in [0.2, 0.25) is 5.71 Å². The normalized spacial score (nSPS) is 12.3. The van der Waals surface area contributed by atoms with E-state index in [0.29, 0.717) is 12.8 Å². The molecule has 1 atom stereocenters. The number of aromatic nitrogens is 2. The third-order valence-corrected chi connectivity index (χ3v) is 3.08. The number of carboxylic acids is 1. The predicted octanol–water partition coefficient (Wildman–Crippen LogP) is 0.808. The number of fused-ring (bicyclic) bond motifs is 1. The summed E-state index contributed by atoms with van der Waals surface area (Å²) in [4.78, 5) is 41.4. The number of hydrogen-bond acceptors (Lipinski definition) is 5. The van der Waals surface area contributed by atoms with E-state index in [0.717, 1.165) is 0 Å². The highest BCUT2D eigenvalue weighted by Crippen LogP contribution is 2.20. The Morgan fingerprint density at radius 3 is 2.86 bits per heavy atom. The van der Waals surface area contributed by atoms with Gasteiger partial charge in [0, 0.05) is 0 Å². The van der Waals surface area contributed by atoms with Crippen LogP contribution in [0.3, 0.4) is 0 Å². The van der Waals surface area contributed by atoms with E-state index in [9.17, 15) is 14.4 Å². The quantitative estimate of drug-likeness (QED) is 0.749. The summed E-state index contributed by atoms with van der Waals surface area (Å²) >= 11 is 0. The van der Waals surface area contributed by atoms with Crippen LogP contribution in [0.2, 0.25) is 0 Å². The second-order valence-corrected chi connectivity index (χ2v) is 4.60. The first kappa shape index (κ1) is 14.8. The number of hydrogen-bond donors (Lipinski definition) is 3. The van der Waals surface area contributed by atoms with Gasteiger partial charge in [-0.2, -0.15) is 0 Å². The summed E-state index contributed by atoms with van der Waals surface area (Å²) in [5.74, 6) is -1.57. The lowest BCUT2D eigenvalue weighted by Gasteiger charge is -2.13. The van der Waals surface area contributed by atoms with E-state index in [2.05, 4.69) is 15.3 Å². The number of aliphatic carboxylic acids is 1. The smallest absolute Gasteiger partial charge is 0.326 e. The molecule has 0 fully saturated rings. The molecule has 0 aromatic carbocycles. The minimum absolute atomic E-state index is 0.0155. The molecule has 0 aliphatic carbocycles. The summed E-state index contributed by atoms with van der Waals surface area (Å²) in [5, 5.41) is 11.5. The molecule has 1 unspecified atom stereocenters. The van der Waals surface area contributed by atoms with Crippen molar-refractivity contribution in [2.75, 3.05) is 0 Å². The summed E-state index contributed by atoms with van der Waals surface area (Å²) in [5.41, 5.74) is -0.449. The molecule has 2 rings (SSSR count). The first-order valence-corrected chi connectivity index (χ1v) is 6.46. The largest absolute Gasteiger partial charge is 0.480 e. The number of H-pyrrole nitrogens is 1. The Bertz CT molecular complexity index is 746. The molecule has 0 radical (unpaired) electrons. The number of aryl methyl sites for hydroxylation is 1. The van der Waals surface area contributed by atoms with Crippen LogP contribution in [0.1, 0.15) is 35.9 Å². The molecule has 8 nitrogen and oxygen atoms in total. The second kappa shape index (κ2) is 5.78. The Kier molecular flexibility index (Phi) is 4.06. The number of nitrogens with one attached hydrogen (secondary N) is 2. The Balaban J connectivity index is 2.42. The molecule has 8 heteroatoms. The van der Waals surface area contributed by atoms with Gasteiger partial charge in [-0.25, -0.2) is 9.78 Å². The second-order valence-electron chi connectivity index (χ2n) is 4.60. The molecular weight excluding hydrogens is 278 g/mol. The zero-order chi connectivity index (χ0) is 15.6.